The van der Waals surface area contributed by atoms with Gasteiger partial charge < -0.3 is 4.57 Å². The van der Waals surface area contributed by atoms with Crippen LogP contribution in [0.2, 0.25) is 0 Å². The fourth-order valence-electron chi connectivity index (χ4n) is 5.00. The first-order valence-corrected chi connectivity index (χ1v) is 12.7. The van der Waals surface area contributed by atoms with E-state index in [4.69, 9.17) is 0 Å². The number of carbonyl (C=O) groups is 1. The largest absolute Gasteiger partial charge is 0.332 e. The van der Waals surface area contributed by atoms with Gasteiger partial charge in [0.15, 0.2) is 5.78 Å². The first-order valence-electron chi connectivity index (χ1n) is 11.9. The Hall–Kier alpha value is -3.64. The minimum absolute atomic E-state index is 0.0968. The first kappa shape index (κ1) is 24.1. The molecule has 0 saturated heterocycles. The van der Waals surface area contributed by atoms with Crippen LogP contribution in [-0.2, 0) is 17.8 Å². The molecule has 36 heavy (non-hydrogen) atoms. The normalized spacial score (nSPS) is 17.3. The Labute approximate surface area is 213 Å². The molecule has 0 bridgehead atoms. The van der Waals surface area contributed by atoms with E-state index in [1.807, 2.05) is 59.2 Å². The van der Waals surface area contributed by atoms with E-state index in [1.54, 1.807) is 13.0 Å². The molecule has 0 amide bonds. The number of thiazole rings is 1. The Morgan fingerprint density at radius 3 is 2.58 bits per heavy atom. The molecule has 0 spiro atoms. The van der Waals surface area contributed by atoms with Crippen LogP contribution in [-0.4, -0.2) is 15.3 Å². The van der Waals surface area contributed by atoms with E-state index in [-0.39, 0.29) is 18.0 Å². The highest BCUT2D eigenvalue weighted by molar-refractivity contribution is 7.12. The molecule has 2 aromatic heterocycles. The zero-order chi connectivity index (χ0) is 25.4. The van der Waals surface area contributed by atoms with Gasteiger partial charge in [0, 0.05) is 23.2 Å². The number of hydrogen-bond acceptors (Lipinski definition) is 3. The molecule has 0 fully saturated rings. The molecule has 0 radical (unpaired) electrons. The van der Waals surface area contributed by atoms with E-state index in [9.17, 15) is 4.79 Å². The highest BCUT2D eigenvalue weighted by atomic mass is 32.1. The second-order valence-corrected chi connectivity index (χ2v) is 10.1. The molecular weight excluding hydrogens is 474 g/mol. The molecule has 6 heteroatoms. The second-order valence-electron chi connectivity index (χ2n) is 8.99. The van der Waals surface area contributed by atoms with Crippen molar-refractivity contribution in [2.75, 3.05) is 0 Å². The Morgan fingerprint density at radius 2 is 1.86 bits per heavy atom. The van der Waals surface area contributed by atoms with Crippen molar-refractivity contribution in [3.05, 3.63) is 107 Å². The van der Waals surface area contributed by atoms with Crippen molar-refractivity contribution in [1.82, 2.24) is 9.55 Å². The number of allylic oxidation sites excluding steroid dienone is 3. The first-order chi connectivity index (χ1) is 17.4. The molecule has 3 nitrogen and oxygen atoms in total. The molecule has 1 aliphatic carbocycles. The Bertz CT molecular complexity index is 1510. The molecule has 5 rings (SSSR count). The minimum atomic E-state index is -1.30. The molecule has 0 saturated carbocycles. The summed E-state index contributed by atoms with van der Waals surface area (Å²) < 4.78 is 32.7. The molecule has 2 atom stereocenters. The number of nitrogens with zero attached hydrogens (tertiary/aromatic N) is 2. The standard InChI is InChI=1S/C30H26F2N2OS/c1-4-11-21-18(3)26(31)30-28(27(21)32)33-25(36-30)16-23-22-14-9-10-15-24(22)34(17-20(35)5-2)29(23)19-12-7-6-8-13-19/h4-10,12-15,18,26H,1-2,11,16-17H2,3H3. The van der Waals surface area contributed by atoms with E-state index in [1.165, 1.54) is 17.4 Å². The van der Waals surface area contributed by atoms with Crippen LogP contribution in [0, 0.1) is 5.92 Å². The number of carbonyl (C=O) groups excluding carboxylic acids is 1. The maximum atomic E-state index is 15.3. The van der Waals surface area contributed by atoms with Crippen molar-refractivity contribution in [1.29, 1.82) is 0 Å². The van der Waals surface area contributed by atoms with E-state index >= 15 is 8.78 Å². The van der Waals surface area contributed by atoms with Crippen molar-refractivity contribution < 1.29 is 13.6 Å². The van der Waals surface area contributed by atoms with E-state index in [2.05, 4.69) is 18.1 Å². The highest BCUT2D eigenvalue weighted by Crippen LogP contribution is 2.48. The monoisotopic (exact) mass is 500 g/mol. The summed E-state index contributed by atoms with van der Waals surface area (Å²) in [7, 11) is 0. The van der Waals surface area contributed by atoms with Gasteiger partial charge in [0.05, 0.1) is 22.1 Å². The zero-order valence-electron chi connectivity index (χ0n) is 20.0. The van der Waals surface area contributed by atoms with E-state index < -0.39 is 17.9 Å². The molecule has 4 aromatic rings. The van der Waals surface area contributed by atoms with Crippen molar-refractivity contribution in [3.8, 4) is 11.3 Å². The number of benzene rings is 2. The second kappa shape index (κ2) is 9.78. The van der Waals surface area contributed by atoms with Crippen LogP contribution < -0.4 is 0 Å². The third kappa shape index (κ3) is 4.05. The van der Waals surface area contributed by atoms with Crippen LogP contribution in [0.3, 0.4) is 0 Å². The third-order valence-corrected chi connectivity index (χ3v) is 7.89. The van der Waals surface area contributed by atoms with Gasteiger partial charge in [0.25, 0.3) is 0 Å². The van der Waals surface area contributed by atoms with Crippen LogP contribution >= 0.6 is 11.3 Å². The summed E-state index contributed by atoms with van der Waals surface area (Å²) >= 11 is 1.23. The summed E-state index contributed by atoms with van der Waals surface area (Å²) in [5.41, 5.74) is 4.26. The fourth-order valence-corrected chi connectivity index (χ4v) is 6.16. The smallest absolute Gasteiger partial charge is 0.174 e. The predicted octanol–water partition coefficient (Wildman–Crippen LogP) is 8.03. The number of rotatable bonds is 8. The number of alkyl halides is 1. The van der Waals surface area contributed by atoms with Gasteiger partial charge in [-0.05, 0) is 35.3 Å². The van der Waals surface area contributed by atoms with Crippen molar-refractivity contribution in [2.24, 2.45) is 5.92 Å². The zero-order valence-corrected chi connectivity index (χ0v) is 20.8. The lowest BCUT2D eigenvalue weighted by Crippen LogP contribution is -2.14. The molecule has 182 valence electrons. The van der Waals surface area contributed by atoms with Gasteiger partial charge in [0.1, 0.15) is 17.7 Å². The maximum Gasteiger partial charge on any atom is 0.174 e. The molecule has 0 N–H and O–H groups in total. The summed E-state index contributed by atoms with van der Waals surface area (Å²) in [6.45, 7) is 9.19. The lowest BCUT2D eigenvalue weighted by Gasteiger charge is -2.24. The summed E-state index contributed by atoms with van der Waals surface area (Å²) in [5, 5.41) is 1.62. The minimum Gasteiger partial charge on any atom is -0.332 e. The molecule has 1 aliphatic rings. The number of hydrogen-bond donors (Lipinski definition) is 0. The predicted molar refractivity (Wildman–Crippen MR) is 143 cm³/mol. The summed E-state index contributed by atoms with van der Waals surface area (Å²) in [6, 6.07) is 17.7. The maximum absolute atomic E-state index is 15.3. The average Bonchev–Trinajstić information content (AvgIpc) is 3.46. The van der Waals surface area contributed by atoms with Crippen molar-refractivity contribution >= 4 is 33.8 Å². The Morgan fingerprint density at radius 1 is 1.14 bits per heavy atom. The summed E-state index contributed by atoms with van der Waals surface area (Å²) in [6.07, 6.45) is 2.31. The summed E-state index contributed by atoms with van der Waals surface area (Å²) in [4.78, 5) is 17.4. The van der Waals surface area contributed by atoms with Gasteiger partial charge in [-0.2, -0.15) is 0 Å². The van der Waals surface area contributed by atoms with Gasteiger partial charge in [-0.15, -0.1) is 17.9 Å². The van der Waals surface area contributed by atoms with Gasteiger partial charge in [-0.1, -0.05) is 68.1 Å². The van der Waals surface area contributed by atoms with Crippen LogP contribution in [0.1, 0.15) is 40.7 Å². The number of aromatic nitrogens is 2. The van der Waals surface area contributed by atoms with Crippen LogP contribution in [0.15, 0.2) is 85.5 Å². The van der Waals surface area contributed by atoms with Crippen LogP contribution in [0.25, 0.3) is 28.0 Å². The molecule has 2 aromatic carbocycles. The fraction of sp³-hybridized carbons (Fsp3) is 0.200. The molecule has 0 aliphatic heterocycles. The lowest BCUT2D eigenvalue weighted by atomic mass is 9.86. The SMILES string of the molecule is C=CCC1=C(F)c2nc(Cc3c(-c4ccccc4)n(CC(=O)C=C)c4ccccc34)sc2C(F)C1C. The van der Waals surface area contributed by atoms with E-state index in [0.717, 1.165) is 27.7 Å². The summed E-state index contributed by atoms with van der Waals surface area (Å²) in [5.74, 6) is -1.09. The Balaban J connectivity index is 1.68. The number of para-hydroxylation sites is 1. The average molecular weight is 501 g/mol. The van der Waals surface area contributed by atoms with Gasteiger partial charge in [0.2, 0.25) is 0 Å². The molecular formula is C30H26F2N2OS. The number of ketones is 1. The van der Waals surface area contributed by atoms with Crippen molar-refractivity contribution in [2.45, 2.75) is 32.5 Å². The van der Waals surface area contributed by atoms with Crippen LogP contribution in [0.4, 0.5) is 8.78 Å². The van der Waals surface area contributed by atoms with Gasteiger partial charge in [-0.25, -0.2) is 13.8 Å². The topological polar surface area (TPSA) is 34.9 Å². The van der Waals surface area contributed by atoms with Gasteiger partial charge >= 0.3 is 0 Å². The lowest BCUT2D eigenvalue weighted by molar-refractivity contribution is -0.115. The van der Waals surface area contributed by atoms with Gasteiger partial charge in [-0.3, -0.25) is 4.79 Å². The molecule has 2 heterocycles. The number of halogens is 2. The third-order valence-electron chi connectivity index (χ3n) is 6.78. The van der Waals surface area contributed by atoms with E-state index in [0.29, 0.717) is 28.3 Å². The van der Waals surface area contributed by atoms with Crippen molar-refractivity contribution in [3.63, 3.8) is 0 Å². The number of fused-ring (bicyclic) bond motifs is 2. The molecule has 2 unspecified atom stereocenters. The quantitative estimate of drug-likeness (QED) is 0.181. The highest BCUT2D eigenvalue weighted by Gasteiger charge is 2.36. The Kier molecular flexibility index (Phi) is 6.54. The van der Waals surface area contributed by atoms with Crippen LogP contribution in [0.5, 0.6) is 0 Å².